The van der Waals surface area contributed by atoms with Gasteiger partial charge < -0.3 is 4.74 Å². The highest BCUT2D eigenvalue weighted by molar-refractivity contribution is 9.10. The minimum absolute atomic E-state index is 0.0593. The second-order valence-electron chi connectivity index (χ2n) is 4.39. The molecule has 0 saturated heterocycles. The van der Waals surface area contributed by atoms with Crippen molar-refractivity contribution in [2.75, 3.05) is 6.61 Å². The number of carbonyl (C=O) groups excluding carboxylic acids is 1. The van der Waals surface area contributed by atoms with Crippen molar-refractivity contribution in [1.82, 2.24) is 0 Å². The zero-order chi connectivity index (χ0) is 14.7. The van der Waals surface area contributed by atoms with Crippen LogP contribution in [0, 0.1) is 12.7 Å². The van der Waals surface area contributed by atoms with Gasteiger partial charge in [0.25, 0.3) is 0 Å². The Labute approximate surface area is 125 Å². The molecule has 0 unspecified atom stereocenters. The Hall–Kier alpha value is -1.68. The van der Waals surface area contributed by atoms with Gasteiger partial charge >= 0.3 is 0 Å². The van der Waals surface area contributed by atoms with E-state index in [1.807, 2.05) is 13.8 Å². The molecular formula is C16H14BrFO2. The molecule has 0 spiro atoms. The lowest BCUT2D eigenvalue weighted by Crippen LogP contribution is -2.08. The molecule has 0 aliphatic heterocycles. The number of hydrogen-bond acceptors (Lipinski definition) is 2. The molecule has 0 aliphatic rings. The van der Waals surface area contributed by atoms with Gasteiger partial charge in [0.2, 0.25) is 0 Å². The Bertz CT molecular complexity index is 653. The lowest BCUT2D eigenvalue weighted by molar-refractivity contribution is 0.103. The van der Waals surface area contributed by atoms with Crippen LogP contribution in [0.5, 0.6) is 5.75 Å². The summed E-state index contributed by atoms with van der Waals surface area (Å²) >= 11 is 3.32. The maximum atomic E-state index is 13.9. The number of benzene rings is 2. The minimum atomic E-state index is -0.525. The van der Waals surface area contributed by atoms with E-state index in [-0.39, 0.29) is 11.3 Å². The van der Waals surface area contributed by atoms with Crippen LogP contribution in [0.1, 0.15) is 28.4 Å². The van der Waals surface area contributed by atoms with Crippen molar-refractivity contribution < 1.29 is 13.9 Å². The molecule has 2 aromatic carbocycles. The fourth-order valence-electron chi connectivity index (χ4n) is 1.92. The predicted molar refractivity (Wildman–Crippen MR) is 79.9 cm³/mol. The topological polar surface area (TPSA) is 26.3 Å². The van der Waals surface area contributed by atoms with Crippen LogP contribution in [0.4, 0.5) is 4.39 Å². The standard InChI is InChI=1S/C16H14BrFO2/c1-3-20-15-7-5-11(17)9-13(15)16(19)12-8-10(2)4-6-14(12)18/h4-9H,3H2,1-2H3. The van der Waals surface area contributed by atoms with Crippen molar-refractivity contribution in [1.29, 1.82) is 0 Å². The lowest BCUT2D eigenvalue weighted by atomic mass is 10.0. The van der Waals surface area contributed by atoms with Crippen molar-refractivity contribution in [3.8, 4) is 5.75 Å². The van der Waals surface area contributed by atoms with Crippen LogP contribution in [0.15, 0.2) is 40.9 Å². The largest absolute Gasteiger partial charge is 0.493 e. The third-order valence-electron chi connectivity index (χ3n) is 2.85. The Balaban J connectivity index is 2.52. The van der Waals surface area contributed by atoms with E-state index in [0.29, 0.717) is 17.9 Å². The first kappa shape index (κ1) is 14.7. The van der Waals surface area contributed by atoms with E-state index in [0.717, 1.165) is 10.0 Å². The molecule has 0 aromatic heterocycles. The highest BCUT2D eigenvalue weighted by Crippen LogP contribution is 2.27. The zero-order valence-corrected chi connectivity index (χ0v) is 12.8. The van der Waals surface area contributed by atoms with Crippen molar-refractivity contribution >= 4 is 21.7 Å². The first-order valence-corrected chi connectivity index (χ1v) is 7.05. The van der Waals surface area contributed by atoms with Gasteiger partial charge in [0.15, 0.2) is 5.78 Å². The maximum Gasteiger partial charge on any atom is 0.199 e. The van der Waals surface area contributed by atoms with Crippen molar-refractivity contribution in [3.05, 3.63) is 63.4 Å². The second-order valence-corrected chi connectivity index (χ2v) is 5.30. The fraction of sp³-hybridized carbons (Fsp3) is 0.188. The monoisotopic (exact) mass is 336 g/mol. The van der Waals surface area contributed by atoms with Gasteiger partial charge in [0, 0.05) is 4.47 Å². The Morgan fingerprint density at radius 2 is 1.95 bits per heavy atom. The molecule has 0 N–H and O–H groups in total. The zero-order valence-electron chi connectivity index (χ0n) is 11.2. The van der Waals surface area contributed by atoms with E-state index in [2.05, 4.69) is 15.9 Å². The molecule has 2 nitrogen and oxygen atoms in total. The summed E-state index contributed by atoms with van der Waals surface area (Å²) < 4.78 is 20.0. The number of rotatable bonds is 4. The van der Waals surface area contributed by atoms with E-state index >= 15 is 0 Å². The number of halogens is 2. The van der Waals surface area contributed by atoms with Gasteiger partial charge in [-0.05, 0) is 44.2 Å². The number of ketones is 1. The second kappa shape index (κ2) is 6.18. The molecule has 4 heteroatoms. The smallest absolute Gasteiger partial charge is 0.199 e. The van der Waals surface area contributed by atoms with Gasteiger partial charge in [-0.2, -0.15) is 0 Å². The highest BCUT2D eigenvalue weighted by atomic mass is 79.9. The summed E-state index contributed by atoms with van der Waals surface area (Å²) in [7, 11) is 0. The predicted octanol–water partition coefficient (Wildman–Crippen LogP) is 4.53. The Morgan fingerprint density at radius 3 is 2.65 bits per heavy atom. The summed E-state index contributed by atoms with van der Waals surface area (Å²) in [6.07, 6.45) is 0. The van der Waals surface area contributed by atoms with Crippen LogP contribution < -0.4 is 4.74 Å². The first-order chi connectivity index (χ1) is 9.52. The molecule has 2 aromatic rings. The molecule has 0 atom stereocenters. The quantitative estimate of drug-likeness (QED) is 0.767. The summed E-state index contributed by atoms with van der Waals surface area (Å²) in [5.74, 6) is -0.444. The van der Waals surface area contributed by atoms with Crippen LogP contribution >= 0.6 is 15.9 Å². The SMILES string of the molecule is CCOc1ccc(Br)cc1C(=O)c1cc(C)ccc1F. The number of hydrogen-bond donors (Lipinski definition) is 0. The minimum Gasteiger partial charge on any atom is -0.493 e. The van der Waals surface area contributed by atoms with Gasteiger partial charge in [-0.1, -0.05) is 27.6 Å². The van der Waals surface area contributed by atoms with Crippen LogP contribution in [0.2, 0.25) is 0 Å². The van der Waals surface area contributed by atoms with Crippen LogP contribution in [-0.2, 0) is 0 Å². The van der Waals surface area contributed by atoms with Crippen molar-refractivity contribution in [2.24, 2.45) is 0 Å². The molecule has 0 amide bonds. The average molecular weight is 337 g/mol. The lowest BCUT2D eigenvalue weighted by Gasteiger charge is -2.11. The van der Waals surface area contributed by atoms with Gasteiger partial charge in [0.05, 0.1) is 17.7 Å². The molecular weight excluding hydrogens is 323 g/mol. The van der Waals surface area contributed by atoms with Gasteiger partial charge in [-0.15, -0.1) is 0 Å². The molecule has 0 heterocycles. The summed E-state index contributed by atoms with van der Waals surface area (Å²) in [6, 6.07) is 9.63. The summed E-state index contributed by atoms with van der Waals surface area (Å²) in [6.45, 7) is 4.10. The number of carbonyl (C=O) groups is 1. The van der Waals surface area contributed by atoms with E-state index in [9.17, 15) is 9.18 Å². The molecule has 0 bridgehead atoms. The van der Waals surface area contributed by atoms with E-state index in [1.165, 1.54) is 6.07 Å². The molecule has 0 fully saturated rings. The fourth-order valence-corrected chi connectivity index (χ4v) is 2.28. The van der Waals surface area contributed by atoms with Crippen LogP contribution in [0.25, 0.3) is 0 Å². The molecule has 0 aliphatic carbocycles. The van der Waals surface area contributed by atoms with Crippen LogP contribution in [0.3, 0.4) is 0 Å². The summed E-state index contributed by atoms with van der Waals surface area (Å²) in [5, 5.41) is 0. The Morgan fingerprint density at radius 1 is 1.20 bits per heavy atom. The molecule has 0 saturated carbocycles. The normalized spacial score (nSPS) is 10.4. The van der Waals surface area contributed by atoms with Gasteiger partial charge in [-0.3, -0.25) is 4.79 Å². The third kappa shape index (κ3) is 3.07. The summed E-state index contributed by atoms with van der Waals surface area (Å²) in [5.41, 5.74) is 1.25. The van der Waals surface area contributed by atoms with Crippen molar-refractivity contribution in [3.63, 3.8) is 0 Å². The Kier molecular flexibility index (Phi) is 4.55. The molecule has 2 rings (SSSR count). The average Bonchev–Trinajstić information content (AvgIpc) is 2.43. The van der Waals surface area contributed by atoms with E-state index in [1.54, 1.807) is 30.3 Å². The van der Waals surface area contributed by atoms with E-state index < -0.39 is 5.82 Å². The molecule has 104 valence electrons. The van der Waals surface area contributed by atoms with E-state index in [4.69, 9.17) is 4.74 Å². The number of ether oxygens (including phenoxy) is 1. The number of aryl methyl sites for hydroxylation is 1. The van der Waals surface area contributed by atoms with Gasteiger partial charge in [0.1, 0.15) is 11.6 Å². The highest BCUT2D eigenvalue weighted by Gasteiger charge is 2.18. The summed E-state index contributed by atoms with van der Waals surface area (Å²) in [4.78, 5) is 12.5. The van der Waals surface area contributed by atoms with Crippen molar-refractivity contribution in [2.45, 2.75) is 13.8 Å². The third-order valence-corrected chi connectivity index (χ3v) is 3.35. The van der Waals surface area contributed by atoms with Gasteiger partial charge in [-0.25, -0.2) is 4.39 Å². The first-order valence-electron chi connectivity index (χ1n) is 6.26. The molecule has 20 heavy (non-hydrogen) atoms. The van der Waals surface area contributed by atoms with Crippen LogP contribution in [-0.4, -0.2) is 12.4 Å². The molecule has 0 radical (unpaired) electrons. The maximum absolute atomic E-state index is 13.9.